The van der Waals surface area contributed by atoms with E-state index in [1.807, 2.05) is 42.5 Å². The van der Waals surface area contributed by atoms with E-state index in [0.29, 0.717) is 5.56 Å². The van der Waals surface area contributed by atoms with E-state index in [9.17, 15) is 4.79 Å². The summed E-state index contributed by atoms with van der Waals surface area (Å²) in [4.78, 5) is 11.9. The Bertz CT molecular complexity index is 683. The summed E-state index contributed by atoms with van der Waals surface area (Å²) in [7, 11) is 0. The zero-order valence-electron chi connectivity index (χ0n) is 10.7. The van der Waals surface area contributed by atoms with Gasteiger partial charge in [0.2, 0.25) is 0 Å². The normalized spacial score (nSPS) is 10.2. The average Bonchev–Trinajstić information content (AvgIpc) is 3.01. The summed E-state index contributed by atoms with van der Waals surface area (Å²) >= 11 is 0. The fourth-order valence-electron chi connectivity index (χ4n) is 1.90. The van der Waals surface area contributed by atoms with Gasteiger partial charge in [0.15, 0.2) is 0 Å². The molecule has 3 nitrogen and oxygen atoms in total. The first-order valence-corrected chi connectivity index (χ1v) is 6.24. The number of hydrogen-bond donors (Lipinski definition) is 0. The molecule has 0 amide bonds. The predicted molar refractivity (Wildman–Crippen MR) is 75.5 cm³/mol. The zero-order valence-corrected chi connectivity index (χ0v) is 10.7. The Balaban J connectivity index is 1.78. The number of carbonyl (C=O) groups is 1. The van der Waals surface area contributed by atoms with Crippen LogP contribution in [0.1, 0.15) is 10.4 Å². The van der Waals surface area contributed by atoms with Crippen molar-refractivity contribution in [2.24, 2.45) is 0 Å². The van der Waals surface area contributed by atoms with Crippen molar-refractivity contribution >= 4 is 5.97 Å². The number of ether oxygens (including phenoxy) is 1. The minimum Gasteiger partial charge on any atom is -0.434 e. The van der Waals surface area contributed by atoms with Crippen LogP contribution in [-0.2, 0) is 0 Å². The van der Waals surface area contributed by atoms with Gasteiger partial charge in [-0.25, -0.2) is 4.79 Å². The Morgan fingerprint density at radius 1 is 0.800 bits per heavy atom. The maximum Gasteiger partial charge on any atom is 0.345 e. The molecule has 2 aromatic carbocycles. The zero-order chi connectivity index (χ0) is 13.8. The van der Waals surface area contributed by atoms with Crippen LogP contribution >= 0.6 is 0 Å². The van der Waals surface area contributed by atoms with Crippen LogP contribution in [0.5, 0.6) is 5.95 Å². The van der Waals surface area contributed by atoms with Crippen molar-refractivity contribution in [3.8, 4) is 17.1 Å². The molecule has 3 rings (SSSR count). The van der Waals surface area contributed by atoms with E-state index in [-0.39, 0.29) is 5.95 Å². The summed E-state index contributed by atoms with van der Waals surface area (Å²) in [5, 5.41) is 0. The Morgan fingerprint density at radius 2 is 1.50 bits per heavy atom. The van der Waals surface area contributed by atoms with Gasteiger partial charge in [-0.1, -0.05) is 42.5 Å². The molecule has 0 bridgehead atoms. The van der Waals surface area contributed by atoms with Gasteiger partial charge < -0.3 is 9.15 Å². The first-order valence-electron chi connectivity index (χ1n) is 6.24. The van der Waals surface area contributed by atoms with Gasteiger partial charge in [0, 0.05) is 6.07 Å². The molecular weight excluding hydrogens is 252 g/mol. The van der Waals surface area contributed by atoms with Gasteiger partial charge in [-0.05, 0) is 29.3 Å². The fourth-order valence-corrected chi connectivity index (χ4v) is 1.90. The summed E-state index contributed by atoms with van der Waals surface area (Å²) in [6.45, 7) is 0. The van der Waals surface area contributed by atoms with Gasteiger partial charge in [-0.3, -0.25) is 0 Å². The third-order valence-corrected chi connectivity index (χ3v) is 2.92. The summed E-state index contributed by atoms with van der Waals surface area (Å²) in [6.07, 6.45) is 1.46. The smallest absolute Gasteiger partial charge is 0.345 e. The highest BCUT2D eigenvalue weighted by atomic mass is 16.6. The van der Waals surface area contributed by atoms with Crippen LogP contribution in [0.15, 0.2) is 77.4 Å². The average molecular weight is 264 g/mol. The molecule has 0 aliphatic heterocycles. The molecule has 0 aliphatic carbocycles. The van der Waals surface area contributed by atoms with Crippen LogP contribution in [0.4, 0.5) is 0 Å². The predicted octanol–water partition coefficient (Wildman–Crippen LogP) is 4.17. The Morgan fingerprint density at radius 3 is 2.15 bits per heavy atom. The topological polar surface area (TPSA) is 39.4 Å². The number of furan rings is 1. The highest BCUT2D eigenvalue weighted by Crippen LogP contribution is 2.20. The van der Waals surface area contributed by atoms with E-state index in [0.717, 1.165) is 11.1 Å². The lowest BCUT2D eigenvalue weighted by Crippen LogP contribution is -2.07. The van der Waals surface area contributed by atoms with Gasteiger partial charge in [-0.2, -0.15) is 0 Å². The van der Waals surface area contributed by atoms with Crippen molar-refractivity contribution < 1.29 is 13.9 Å². The van der Waals surface area contributed by atoms with E-state index in [2.05, 4.69) is 0 Å². The third-order valence-electron chi connectivity index (χ3n) is 2.92. The highest BCUT2D eigenvalue weighted by Gasteiger charge is 2.10. The second kappa shape index (κ2) is 5.45. The molecule has 0 spiro atoms. The van der Waals surface area contributed by atoms with Gasteiger partial charge in [0.05, 0.1) is 11.8 Å². The molecule has 0 radical (unpaired) electrons. The number of benzene rings is 2. The Hall–Kier alpha value is -2.81. The molecule has 3 heteroatoms. The van der Waals surface area contributed by atoms with Crippen molar-refractivity contribution in [3.63, 3.8) is 0 Å². The second-order valence-electron chi connectivity index (χ2n) is 4.26. The van der Waals surface area contributed by atoms with Crippen LogP contribution < -0.4 is 4.74 Å². The van der Waals surface area contributed by atoms with Crippen molar-refractivity contribution in [2.45, 2.75) is 0 Å². The molecule has 0 aliphatic rings. The molecule has 3 aromatic rings. The number of esters is 1. The Kier molecular flexibility index (Phi) is 3.33. The highest BCUT2D eigenvalue weighted by molar-refractivity contribution is 5.91. The standard InChI is InChI=1S/C17H12O3/c18-17(20-16-7-4-12-19-16)15-10-8-14(9-11-15)13-5-2-1-3-6-13/h1-12H. The molecule has 20 heavy (non-hydrogen) atoms. The van der Waals surface area contributed by atoms with E-state index in [1.54, 1.807) is 24.3 Å². The third kappa shape index (κ3) is 2.62. The molecule has 0 saturated heterocycles. The van der Waals surface area contributed by atoms with Crippen molar-refractivity contribution in [1.29, 1.82) is 0 Å². The Labute approximate surface area is 116 Å². The summed E-state index contributed by atoms with van der Waals surface area (Å²) in [5.41, 5.74) is 2.65. The maximum absolute atomic E-state index is 11.9. The largest absolute Gasteiger partial charge is 0.434 e. The van der Waals surface area contributed by atoms with Crippen molar-refractivity contribution in [3.05, 3.63) is 78.6 Å². The molecule has 1 aromatic heterocycles. The van der Waals surface area contributed by atoms with Crippen molar-refractivity contribution in [2.75, 3.05) is 0 Å². The van der Waals surface area contributed by atoms with Crippen LogP contribution in [0.3, 0.4) is 0 Å². The van der Waals surface area contributed by atoms with E-state index < -0.39 is 5.97 Å². The lowest BCUT2D eigenvalue weighted by atomic mass is 10.0. The van der Waals surface area contributed by atoms with Crippen LogP contribution in [0.25, 0.3) is 11.1 Å². The van der Waals surface area contributed by atoms with Gasteiger partial charge in [0.1, 0.15) is 0 Å². The minimum absolute atomic E-state index is 0.196. The van der Waals surface area contributed by atoms with Crippen LogP contribution in [0, 0.1) is 0 Å². The van der Waals surface area contributed by atoms with Gasteiger partial charge in [0.25, 0.3) is 5.95 Å². The first kappa shape index (κ1) is 12.2. The summed E-state index contributed by atoms with van der Waals surface area (Å²) in [5.74, 6) is -0.235. The molecule has 0 unspecified atom stereocenters. The number of hydrogen-bond acceptors (Lipinski definition) is 3. The fraction of sp³-hybridized carbons (Fsp3) is 0. The number of rotatable bonds is 3. The maximum atomic E-state index is 11.9. The summed E-state index contributed by atoms with van der Waals surface area (Å²) < 4.78 is 10.1. The SMILES string of the molecule is O=C(Oc1ccco1)c1ccc(-c2ccccc2)cc1. The van der Waals surface area contributed by atoms with Crippen molar-refractivity contribution in [1.82, 2.24) is 0 Å². The lowest BCUT2D eigenvalue weighted by molar-refractivity contribution is 0.0694. The van der Waals surface area contributed by atoms with E-state index in [4.69, 9.17) is 9.15 Å². The van der Waals surface area contributed by atoms with Gasteiger partial charge >= 0.3 is 5.97 Å². The number of carbonyl (C=O) groups excluding carboxylic acids is 1. The quantitative estimate of drug-likeness (QED) is 0.666. The second-order valence-corrected chi connectivity index (χ2v) is 4.26. The molecule has 98 valence electrons. The van der Waals surface area contributed by atoms with Gasteiger partial charge in [-0.15, -0.1) is 0 Å². The monoisotopic (exact) mass is 264 g/mol. The first-order chi connectivity index (χ1) is 9.83. The lowest BCUT2D eigenvalue weighted by Gasteiger charge is -2.04. The molecule has 0 fully saturated rings. The molecule has 0 N–H and O–H groups in total. The van der Waals surface area contributed by atoms with E-state index >= 15 is 0 Å². The van der Waals surface area contributed by atoms with E-state index in [1.165, 1.54) is 6.26 Å². The molecule has 0 saturated carbocycles. The van der Waals surface area contributed by atoms with Crippen LogP contribution in [0.2, 0.25) is 0 Å². The minimum atomic E-state index is -0.431. The molecule has 0 atom stereocenters. The molecule has 1 heterocycles. The molecular formula is C17H12O3. The summed E-state index contributed by atoms with van der Waals surface area (Å²) in [6, 6.07) is 20.5. The van der Waals surface area contributed by atoms with Crippen LogP contribution in [-0.4, -0.2) is 5.97 Å².